The summed E-state index contributed by atoms with van der Waals surface area (Å²) < 4.78 is 39.2. The first-order chi connectivity index (χ1) is 7.18. The number of aliphatic hydroxyl groups excluding tert-OH is 1. The molecule has 0 rings (SSSR count). The molecule has 0 aromatic heterocycles. The number of hydrogen-bond acceptors (Lipinski definition) is 2. The number of halogens is 4. The van der Waals surface area contributed by atoms with Crippen molar-refractivity contribution >= 4 is 31.6 Å². The van der Waals surface area contributed by atoms with Gasteiger partial charge in [0, 0.05) is 18.8 Å². The van der Waals surface area contributed by atoms with Gasteiger partial charge in [-0.05, 0) is 24.8 Å². The van der Waals surface area contributed by atoms with Gasteiger partial charge in [-0.2, -0.15) is 11.8 Å². The Kier molecular flexibility index (Phi) is 11.1. The Morgan fingerprint density at radius 3 is 1.94 bits per heavy atom. The lowest BCUT2D eigenvalue weighted by atomic mass is 10.0. The van der Waals surface area contributed by atoms with E-state index in [-0.39, 0.29) is 11.4 Å². The largest absolute Gasteiger partial charge is 0.673 e. The zero-order chi connectivity index (χ0) is 13.2. The molecule has 100 valence electrons. The molecule has 1 nitrogen and oxygen atoms in total. The van der Waals surface area contributed by atoms with E-state index in [0.717, 1.165) is 24.3 Å². The Hall–Kier alpha value is 0.445. The van der Waals surface area contributed by atoms with Gasteiger partial charge in [-0.25, -0.2) is 0 Å². The van der Waals surface area contributed by atoms with Gasteiger partial charge in [-0.15, -0.1) is 0 Å². The number of hydrogen-bond donors (Lipinski definition) is 1. The average molecular weight is 282 g/mol. The zero-order valence-electron chi connectivity index (χ0n) is 9.48. The molecule has 0 aliphatic carbocycles. The molecule has 16 heavy (non-hydrogen) atoms. The minimum Gasteiger partial charge on any atom is -0.418 e. The molecule has 0 bridgehead atoms. The first-order valence-electron chi connectivity index (χ1n) is 4.99. The molecule has 1 unspecified atom stereocenters. The molecule has 0 radical (unpaired) electrons. The normalized spacial score (nSPS) is 15.0. The van der Waals surface area contributed by atoms with Crippen molar-refractivity contribution in [1.82, 2.24) is 0 Å². The predicted octanol–water partition coefficient (Wildman–Crippen LogP) is 2.58. The molecule has 0 spiro atoms. The molecule has 0 saturated heterocycles. The van der Waals surface area contributed by atoms with Crippen LogP contribution >= 0.6 is 11.8 Å². The van der Waals surface area contributed by atoms with Crippen LogP contribution in [-0.4, -0.2) is 35.2 Å². The summed E-state index contributed by atoms with van der Waals surface area (Å²) in [7, 11) is -6.00. The van der Waals surface area contributed by atoms with Crippen molar-refractivity contribution in [1.29, 1.82) is 0 Å². The van der Waals surface area contributed by atoms with E-state index >= 15 is 0 Å². The van der Waals surface area contributed by atoms with E-state index < -0.39 is 7.25 Å². The molecule has 0 fully saturated rings. The molecule has 8 heteroatoms. The Bertz CT molecular complexity index is 165. The second-order valence-corrected chi connectivity index (χ2v) is 5.57. The second-order valence-electron chi connectivity index (χ2n) is 3.24. The molecule has 0 aromatic rings. The van der Waals surface area contributed by atoms with Crippen LogP contribution in [0, 0.1) is 0 Å². The van der Waals surface area contributed by atoms with Crippen LogP contribution in [0.15, 0.2) is 0 Å². The topological polar surface area (TPSA) is 20.2 Å². The maximum atomic E-state index is 9.75. The van der Waals surface area contributed by atoms with E-state index in [1.807, 2.05) is 11.8 Å². The van der Waals surface area contributed by atoms with E-state index in [4.69, 9.17) is 5.11 Å². The molecule has 0 aliphatic rings. The van der Waals surface area contributed by atoms with Crippen LogP contribution in [0.3, 0.4) is 0 Å². The summed E-state index contributed by atoms with van der Waals surface area (Å²) in [6.45, 7) is 4.59. The van der Waals surface area contributed by atoms with Crippen molar-refractivity contribution < 1.29 is 22.4 Å². The Labute approximate surface area is 104 Å². The third-order valence-electron chi connectivity index (χ3n) is 1.85. The summed E-state index contributed by atoms with van der Waals surface area (Å²) >= 11 is 5.64. The Balaban J connectivity index is 0. The summed E-state index contributed by atoms with van der Waals surface area (Å²) in [5.74, 6) is 2.25. The fourth-order valence-electron chi connectivity index (χ4n) is 0.862. The van der Waals surface area contributed by atoms with E-state index in [0.29, 0.717) is 0 Å². The van der Waals surface area contributed by atoms with Gasteiger partial charge in [0.05, 0.1) is 0 Å². The van der Waals surface area contributed by atoms with Gasteiger partial charge >= 0.3 is 7.25 Å². The van der Waals surface area contributed by atoms with Crippen LogP contribution in [0.2, 0.25) is 0 Å². The molecule has 1 N–H and O–H groups in total. The van der Waals surface area contributed by atoms with E-state index in [1.54, 1.807) is 0 Å². The third kappa shape index (κ3) is 16.9. The standard InChI is InChI=1S/C8H18OS2.BF4/c1-3-8(10,5-6-9)7-11-4-2;2-1(3,4)5/h9-10H,3-7H2,1-2H3;/q;-1/p+1. The van der Waals surface area contributed by atoms with E-state index in [1.165, 1.54) is 0 Å². The molecule has 0 aromatic carbocycles. The molecule has 1 atom stereocenters. The van der Waals surface area contributed by atoms with Gasteiger partial charge in [0.15, 0.2) is 0 Å². The zero-order valence-corrected chi connectivity index (χ0v) is 11.3. The first kappa shape index (κ1) is 18.8. The predicted molar refractivity (Wildman–Crippen MR) is 68.1 cm³/mol. The van der Waals surface area contributed by atoms with Gasteiger partial charge in [0.25, 0.3) is 0 Å². The summed E-state index contributed by atoms with van der Waals surface area (Å²) in [5, 5.41) is 8.79. The minimum absolute atomic E-state index is 0.162. The highest BCUT2D eigenvalue weighted by molar-refractivity contribution is 7.99. The molecular weight excluding hydrogens is 263 g/mol. The quantitative estimate of drug-likeness (QED) is 0.459. The highest BCUT2D eigenvalue weighted by Gasteiger charge is 2.28. The fourth-order valence-corrected chi connectivity index (χ4v) is 2.22. The van der Waals surface area contributed by atoms with Gasteiger partial charge in [-0.1, -0.05) is 13.8 Å². The lowest BCUT2D eigenvalue weighted by Gasteiger charge is -2.18. The van der Waals surface area contributed by atoms with E-state index in [2.05, 4.69) is 26.5 Å². The highest BCUT2D eigenvalue weighted by Crippen LogP contribution is 2.21. The summed E-state index contributed by atoms with van der Waals surface area (Å²) in [6.07, 6.45) is 1.94. The van der Waals surface area contributed by atoms with Crippen molar-refractivity contribution in [2.45, 2.75) is 31.4 Å². The molecule has 0 aliphatic heterocycles. The number of rotatable bonds is 6. The smallest absolute Gasteiger partial charge is 0.418 e. The third-order valence-corrected chi connectivity index (χ3v) is 4.05. The summed E-state index contributed by atoms with van der Waals surface area (Å²) in [4.78, 5) is 0. The average Bonchev–Trinajstić information content (AvgIpc) is 2.13. The monoisotopic (exact) mass is 282 g/mol. The van der Waals surface area contributed by atoms with Gasteiger partial charge in [-0.3, -0.25) is 0 Å². The summed E-state index contributed by atoms with van der Waals surface area (Å²) in [5.41, 5.74) is 0. The van der Waals surface area contributed by atoms with E-state index in [9.17, 15) is 17.3 Å². The van der Waals surface area contributed by atoms with Crippen LogP contribution < -0.4 is 0 Å². The van der Waals surface area contributed by atoms with Crippen LogP contribution in [-0.2, 0) is 12.6 Å². The Morgan fingerprint density at radius 2 is 1.69 bits per heavy atom. The minimum atomic E-state index is -6.00. The lowest BCUT2D eigenvalue weighted by Crippen LogP contribution is -2.29. The van der Waals surface area contributed by atoms with Gasteiger partial charge < -0.3 is 22.4 Å². The van der Waals surface area contributed by atoms with Crippen molar-refractivity contribution in [3.8, 4) is 0 Å². The SMILES string of the molecule is CCSCC([SH2+])(CC)CCO.F[B-](F)(F)F. The maximum absolute atomic E-state index is 9.75. The van der Waals surface area contributed by atoms with Gasteiger partial charge in [0.2, 0.25) is 0 Å². The van der Waals surface area contributed by atoms with Crippen LogP contribution in [0.1, 0.15) is 26.7 Å². The van der Waals surface area contributed by atoms with Crippen molar-refractivity contribution in [2.75, 3.05) is 18.1 Å². The van der Waals surface area contributed by atoms with Crippen molar-refractivity contribution in [2.24, 2.45) is 0 Å². The molecule has 0 heterocycles. The van der Waals surface area contributed by atoms with Crippen LogP contribution in [0.25, 0.3) is 0 Å². The van der Waals surface area contributed by atoms with Crippen LogP contribution in [0.4, 0.5) is 17.3 Å². The molecule has 0 amide bonds. The summed E-state index contributed by atoms with van der Waals surface area (Å²) in [6, 6.07) is 0. The lowest BCUT2D eigenvalue weighted by molar-refractivity contribution is 0.271. The maximum Gasteiger partial charge on any atom is 0.673 e. The fraction of sp³-hybridized carbons (Fsp3) is 1.00. The molecule has 0 saturated carbocycles. The van der Waals surface area contributed by atoms with Crippen LogP contribution in [0.5, 0.6) is 0 Å². The van der Waals surface area contributed by atoms with Crippen molar-refractivity contribution in [3.05, 3.63) is 0 Å². The first-order valence-corrected chi connectivity index (χ1v) is 6.65. The number of thioether (sulfide) groups is 1. The van der Waals surface area contributed by atoms with Gasteiger partial charge in [0.1, 0.15) is 4.75 Å². The number of aliphatic hydroxyl groups is 1. The van der Waals surface area contributed by atoms with Crippen molar-refractivity contribution in [3.63, 3.8) is 0 Å². The highest BCUT2D eigenvalue weighted by atomic mass is 32.2. The Morgan fingerprint density at radius 1 is 1.25 bits per heavy atom. The second kappa shape index (κ2) is 9.47. The molecular formula is C8H19BF4OS2.